The fourth-order valence-electron chi connectivity index (χ4n) is 2.81. The van der Waals surface area contributed by atoms with E-state index in [-0.39, 0.29) is 0 Å². The van der Waals surface area contributed by atoms with E-state index in [1.54, 1.807) is 0 Å². The molecule has 2 rings (SSSR count). The molecule has 0 nitrogen and oxygen atoms in total. The molecule has 0 amide bonds. The maximum Gasteiger partial charge on any atom is 0.426 e. The molecule has 0 saturated heterocycles. The van der Waals surface area contributed by atoms with Gasteiger partial charge >= 0.3 is 6.18 Å². The van der Waals surface area contributed by atoms with Crippen molar-refractivity contribution in [1.29, 1.82) is 0 Å². The van der Waals surface area contributed by atoms with Crippen LogP contribution in [0.1, 0.15) is 19.4 Å². The van der Waals surface area contributed by atoms with Gasteiger partial charge in [-0.1, -0.05) is 31.5 Å². The number of halogens is 9. The molecule has 1 saturated carbocycles. The van der Waals surface area contributed by atoms with Gasteiger partial charge in [0.25, 0.3) is 0 Å². The van der Waals surface area contributed by atoms with Gasteiger partial charge in [-0.05, 0) is 23.7 Å². The molecule has 1 aliphatic carbocycles. The van der Waals surface area contributed by atoms with Crippen molar-refractivity contribution < 1.29 is 35.1 Å². The first-order valence-corrected chi connectivity index (χ1v) is 7.12. The quantitative estimate of drug-likeness (QED) is 0.350. The molecule has 0 unspecified atom stereocenters. The largest absolute Gasteiger partial charge is 0.426 e. The van der Waals surface area contributed by atoms with Crippen molar-refractivity contribution in [2.24, 2.45) is 17.3 Å². The van der Waals surface area contributed by atoms with Crippen LogP contribution in [0.15, 0.2) is 11.1 Å². The van der Waals surface area contributed by atoms with Crippen LogP contribution in [0.3, 0.4) is 0 Å². The van der Waals surface area contributed by atoms with Gasteiger partial charge in [0.05, 0.1) is 0 Å². The number of rotatable bonds is 3. The number of hydrogen-bond donors (Lipinski definition) is 0. The third-order valence-corrected chi connectivity index (χ3v) is 4.80. The zero-order valence-corrected chi connectivity index (χ0v) is 13.1. The Morgan fingerprint density at radius 1 is 0.958 bits per heavy atom. The first-order valence-electron chi connectivity index (χ1n) is 6.75. The van der Waals surface area contributed by atoms with E-state index >= 15 is 0 Å². The molecule has 0 radical (unpaired) electrons. The van der Waals surface area contributed by atoms with Crippen LogP contribution in [-0.2, 0) is 6.42 Å². The SMILES string of the molecule is CC1(C)[C@H](C=C(Cl)C(F)(F)F)[C@@H]1Cc1c(F)c(F)c(F)c(F)c1F. The third-order valence-electron chi connectivity index (χ3n) is 4.46. The Labute approximate surface area is 137 Å². The maximum absolute atomic E-state index is 13.7. The Kier molecular flexibility index (Phi) is 4.67. The monoisotopic (exact) mass is 378 g/mol. The van der Waals surface area contributed by atoms with Crippen LogP contribution in [0.4, 0.5) is 35.1 Å². The first-order chi connectivity index (χ1) is 10.8. The zero-order valence-electron chi connectivity index (χ0n) is 12.3. The second-order valence-electron chi connectivity index (χ2n) is 6.22. The van der Waals surface area contributed by atoms with Crippen LogP contribution in [0.2, 0.25) is 0 Å². The van der Waals surface area contributed by atoms with E-state index in [4.69, 9.17) is 11.6 Å². The molecule has 0 aromatic heterocycles. The predicted octanol–water partition coefficient (Wildman–Crippen LogP) is 5.88. The first kappa shape index (κ1) is 19.0. The molecule has 134 valence electrons. The van der Waals surface area contributed by atoms with Crippen molar-refractivity contribution in [2.45, 2.75) is 26.4 Å². The highest BCUT2D eigenvalue weighted by Gasteiger charge is 2.57. The molecule has 1 aliphatic rings. The number of allylic oxidation sites excluding steroid dienone is 2. The summed E-state index contributed by atoms with van der Waals surface area (Å²) in [5.74, 6) is -11.9. The van der Waals surface area contributed by atoms with Gasteiger partial charge in [0.15, 0.2) is 23.3 Å². The summed E-state index contributed by atoms with van der Waals surface area (Å²) >= 11 is 5.14. The average molecular weight is 379 g/mol. The van der Waals surface area contributed by atoms with E-state index in [9.17, 15) is 35.1 Å². The molecule has 1 fully saturated rings. The van der Waals surface area contributed by atoms with E-state index in [2.05, 4.69) is 0 Å². The van der Waals surface area contributed by atoms with E-state index in [1.807, 2.05) is 0 Å². The number of hydrogen-bond acceptors (Lipinski definition) is 0. The smallest absolute Gasteiger partial charge is 0.203 e. The molecule has 24 heavy (non-hydrogen) atoms. The normalized spacial score (nSPS) is 23.5. The van der Waals surface area contributed by atoms with Crippen LogP contribution in [0.5, 0.6) is 0 Å². The molecule has 0 bridgehead atoms. The highest BCUT2D eigenvalue weighted by Crippen LogP contribution is 2.61. The van der Waals surface area contributed by atoms with Crippen molar-refractivity contribution in [2.75, 3.05) is 0 Å². The zero-order chi connectivity index (χ0) is 18.6. The van der Waals surface area contributed by atoms with Gasteiger partial charge in [-0.15, -0.1) is 0 Å². The summed E-state index contributed by atoms with van der Waals surface area (Å²) in [6.07, 6.45) is -4.66. The van der Waals surface area contributed by atoms with Gasteiger partial charge in [-0.2, -0.15) is 13.2 Å². The summed E-state index contributed by atoms with van der Waals surface area (Å²) < 4.78 is 104. The fraction of sp³-hybridized carbons (Fsp3) is 0.467. The van der Waals surface area contributed by atoms with E-state index in [0.717, 1.165) is 0 Å². The average Bonchev–Trinajstić information content (AvgIpc) is 2.98. The van der Waals surface area contributed by atoms with Crippen molar-refractivity contribution in [1.82, 2.24) is 0 Å². The molecule has 0 spiro atoms. The van der Waals surface area contributed by atoms with Crippen molar-refractivity contribution in [3.63, 3.8) is 0 Å². The fourth-order valence-corrected chi connectivity index (χ4v) is 2.94. The van der Waals surface area contributed by atoms with Crippen molar-refractivity contribution in [3.8, 4) is 0 Å². The summed E-state index contributed by atoms with van der Waals surface area (Å²) in [7, 11) is 0. The van der Waals surface area contributed by atoms with Crippen molar-refractivity contribution in [3.05, 3.63) is 45.8 Å². The minimum absolute atomic E-state index is 0.595. The van der Waals surface area contributed by atoms with Crippen molar-refractivity contribution >= 4 is 11.6 Å². The molecule has 1 aromatic carbocycles. The molecule has 9 heteroatoms. The second-order valence-corrected chi connectivity index (χ2v) is 6.63. The van der Waals surface area contributed by atoms with Gasteiger partial charge in [-0.25, -0.2) is 22.0 Å². The molecular formula is C15H11ClF8. The third kappa shape index (κ3) is 3.12. The Hall–Kier alpha value is -1.31. The lowest BCUT2D eigenvalue weighted by molar-refractivity contribution is -0.0848. The maximum atomic E-state index is 13.7. The standard InChI is InChI=1S/C15H11ClF8/c1-14(2)6(7(14)4-8(16)15(22,23)24)3-5-9(17)11(19)13(21)12(20)10(5)18/h4,6-7H,3H2,1-2H3/t6-,7+/m0/s1. The summed E-state index contributed by atoms with van der Waals surface area (Å²) in [5.41, 5.74) is -1.87. The van der Waals surface area contributed by atoms with Crippen LogP contribution >= 0.6 is 11.6 Å². The Morgan fingerprint density at radius 3 is 1.79 bits per heavy atom. The van der Waals surface area contributed by atoms with Crippen LogP contribution in [-0.4, -0.2) is 6.18 Å². The molecular weight excluding hydrogens is 368 g/mol. The Balaban J connectivity index is 2.34. The lowest BCUT2D eigenvalue weighted by atomic mass is 10.0. The predicted molar refractivity (Wildman–Crippen MR) is 70.7 cm³/mol. The lowest BCUT2D eigenvalue weighted by Crippen LogP contribution is -2.09. The van der Waals surface area contributed by atoms with Gasteiger partial charge in [0, 0.05) is 5.56 Å². The van der Waals surface area contributed by atoms with Crippen LogP contribution in [0.25, 0.3) is 0 Å². The van der Waals surface area contributed by atoms with Crippen LogP contribution < -0.4 is 0 Å². The molecule has 0 N–H and O–H groups in total. The highest BCUT2D eigenvalue weighted by atomic mass is 35.5. The Bertz CT molecular complexity index is 675. The van der Waals surface area contributed by atoms with E-state index < -0.39 is 69.5 Å². The second kappa shape index (κ2) is 5.89. The minimum atomic E-state index is -4.77. The molecule has 0 aliphatic heterocycles. The van der Waals surface area contributed by atoms with Gasteiger partial charge in [0.1, 0.15) is 5.03 Å². The summed E-state index contributed by atoms with van der Waals surface area (Å²) in [6.45, 7) is 3.04. The van der Waals surface area contributed by atoms with Gasteiger partial charge in [-0.3, -0.25) is 0 Å². The van der Waals surface area contributed by atoms with E-state index in [0.29, 0.717) is 6.08 Å². The summed E-state index contributed by atoms with van der Waals surface area (Å²) in [6, 6.07) is 0. The topological polar surface area (TPSA) is 0 Å². The van der Waals surface area contributed by atoms with E-state index in [1.165, 1.54) is 13.8 Å². The summed E-state index contributed by atoms with van der Waals surface area (Å²) in [5, 5.41) is -1.39. The molecule has 2 atom stereocenters. The summed E-state index contributed by atoms with van der Waals surface area (Å²) in [4.78, 5) is 0. The lowest BCUT2D eigenvalue weighted by Gasteiger charge is -2.09. The highest BCUT2D eigenvalue weighted by molar-refractivity contribution is 6.30. The Morgan fingerprint density at radius 2 is 1.38 bits per heavy atom. The number of benzene rings is 1. The molecule has 0 heterocycles. The van der Waals surface area contributed by atoms with Gasteiger partial charge < -0.3 is 0 Å². The minimum Gasteiger partial charge on any atom is -0.203 e. The van der Waals surface area contributed by atoms with Crippen LogP contribution in [0, 0.1) is 46.3 Å². The molecule has 1 aromatic rings. The van der Waals surface area contributed by atoms with Gasteiger partial charge in [0.2, 0.25) is 5.82 Å². The number of alkyl halides is 3.